The number of nitrogens with zero attached hydrogens (tertiary/aromatic N) is 1. The topological polar surface area (TPSA) is 68.0 Å². The Hall–Kier alpha value is -0.840. The molecule has 0 saturated heterocycles. The second kappa shape index (κ2) is 9.16. The minimum Gasteiger partial charge on any atom is -0.330 e. The van der Waals surface area contributed by atoms with Gasteiger partial charge >= 0.3 is 0 Å². The van der Waals surface area contributed by atoms with Crippen molar-refractivity contribution in [3.8, 4) is 0 Å². The first kappa shape index (κ1) is 19.2. The molecule has 2 rings (SSSR count). The molecule has 1 saturated carbocycles. The molecule has 6 heteroatoms. The number of aromatic nitrogens is 1. The zero-order valence-corrected chi connectivity index (χ0v) is 13.1. The van der Waals surface area contributed by atoms with E-state index in [0.717, 1.165) is 18.5 Å². The van der Waals surface area contributed by atoms with Gasteiger partial charge in [0.25, 0.3) is 0 Å². The quantitative estimate of drug-likeness (QED) is 0.895. The van der Waals surface area contributed by atoms with E-state index in [9.17, 15) is 4.79 Å². The van der Waals surface area contributed by atoms with Gasteiger partial charge in [-0.25, -0.2) is 0 Å². The van der Waals surface area contributed by atoms with Crippen molar-refractivity contribution in [1.29, 1.82) is 0 Å². The van der Waals surface area contributed by atoms with Gasteiger partial charge in [0.2, 0.25) is 5.91 Å². The fraction of sp³-hybridized carbons (Fsp3) is 0.571. The van der Waals surface area contributed by atoms with Crippen LogP contribution in [0, 0.1) is 5.41 Å². The van der Waals surface area contributed by atoms with Crippen LogP contribution >= 0.6 is 24.8 Å². The van der Waals surface area contributed by atoms with Crippen molar-refractivity contribution in [2.24, 2.45) is 11.1 Å². The number of hydrogen-bond donors (Lipinski definition) is 2. The summed E-state index contributed by atoms with van der Waals surface area (Å²) in [5.41, 5.74) is 6.66. The molecule has 20 heavy (non-hydrogen) atoms. The summed E-state index contributed by atoms with van der Waals surface area (Å²) in [5, 5.41) is 2.89. The van der Waals surface area contributed by atoms with E-state index in [1.54, 1.807) is 12.4 Å². The third kappa shape index (κ3) is 5.27. The molecule has 1 amide bonds. The maximum Gasteiger partial charge on any atom is 0.225 e. The van der Waals surface area contributed by atoms with Crippen molar-refractivity contribution in [3.05, 3.63) is 24.5 Å². The average molecular weight is 320 g/mol. The van der Waals surface area contributed by atoms with Gasteiger partial charge < -0.3 is 11.1 Å². The molecule has 1 fully saturated rings. The van der Waals surface area contributed by atoms with Gasteiger partial charge in [0.15, 0.2) is 0 Å². The van der Waals surface area contributed by atoms with Crippen LogP contribution in [0.5, 0.6) is 0 Å². The summed E-state index contributed by atoms with van der Waals surface area (Å²) in [6, 6.07) is 3.66. The minimum atomic E-state index is 0. The zero-order chi connectivity index (χ0) is 12.8. The molecule has 1 aromatic rings. The van der Waals surface area contributed by atoms with Crippen molar-refractivity contribution in [1.82, 2.24) is 4.98 Å². The number of halogens is 2. The Balaban J connectivity index is 0.00000180. The van der Waals surface area contributed by atoms with E-state index >= 15 is 0 Å². The third-order valence-electron chi connectivity index (χ3n) is 3.83. The van der Waals surface area contributed by atoms with Crippen molar-refractivity contribution < 1.29 is 4.79 Å². The molecule has 114 valence electrons. The van der Waals surface area contributed by atoms with Crippen molar-refractivity contribution >= 4 is 36.4 Å². The molecule has 0 aromatic carbocycles. The lowest BCUT2D eigenvalue weighted by molar-refractivity contribution is -0.118. The van der Waals surface area contributed by atoms with Gasteiger partial charge in [-0.2, -0.15) is 0 Å². The molecule has 1 aliphatic carbocycles. The molecule has 0 aliphatic heterocycles. The van der Waals surface area contributed by atoms with Crippen LogP contribution in [-0.2, 0) is 4.79 Å². The summed E-state index contributed by atoms with van der Waals surface area (Å²) in [5.74, 6) is 0.0513. The lowest BCUT2D eigenvalue weighted by atomic mass is 9.71. The lowest BCUT2D eigenvalue weighted by Gasteiger charge is -2.35. The SMILES string of the molecule is Cl.Cl.NCC1(CC(=O)Nc2cccnc2)CCCCC1. The zero-order valence-electron chi connectivity index (χ0n) is 11.5. The van der Waals surface area contributed by atoms with Gasteiger partial charge in [-0.05, 0) is 36.9 Å². The number of anilines is 1. The van der Waals surface area contributed by atoms with Gasteiger partial charge in [0, 0.05) is 12.6 Å². The van der Waals surface area contributed by atoms with E-state index in [-0.39, 0.29) is 36.1 Å². The molecule has 3 N–H and O–H groups in total. The van der Waals surface area contributed by atoms with E-state index < -0.39 is 0 Å². The number of nitrogens with two attached hydrogens (primary N) is 1. The molecule has 0 bridgehead atoms. The average Bonchev–Trinajstić information content (AvgIpc) is 2.41. The Labute approximate surface area is 132 Å². The number of pyridine rings is 1. The van der Waals surface area contributed by atoms with E-state index in [2.05, 4.69) is 10.3 Å². The second-order valence-corrected chi connectivity index (χ2v) is 5.23. The van der Waals surface area contributed by atoms with E-state index in [0.29, 0.717) is 13.0 Å². The monoisotopic (exact) mass is 319 g/mol. The lowest BCUT2D eigenvalue weighted by Crippen LogP contribution is -2.36. The van der Waals surface area contributed by atoms with Crippen LogP contribution in [0.25, 0.3) is 0 Å². The first-order chi connectivity index (χ1) is 8.74. The number of hydrogen-bond acceptors (Lipinski definition) is 3. The molecular weight excluding hydrogens is 297 g/mol. The number of nitrogens with one attached hydrogen (secondary N) is 1. The number of amides is 1. The molecule has 0 spiro atoms. The highest BCUT2D eigenvalue weighted by Crippen LogP contribution is 2.38. The third-order valence-corrected chi connectivity index (χ3v) is 3.83. The minimum absolute atomic E-state index is 0. The van der Waals surface area contributed by atoms with Crippen LogP contribution in [0.4, 0.5) is 5.69 Å². The molecule has 4 nitrogen and oxygen atoms in total. The van der Waals surface area contributed by atoms with Crippen molar-refractivity contribution in [3.63, 3.8) is 0 Å². The maximum atomic E-state index is 12.1. The normalized spacial score (nSPS) is 16.4. The number of carbonyl (C=O) groups excluding carboxylic acids is 1. The molecule has 1 aromatic heterocycles. The largest absolute Gasteiger partial charge is 0.330 e. The van der Waals surface area contributed by atoms with E-state index in [1.807, 2.05) is 12.1 Å². The fourth-order valence-corrected chi connectivity index (χ4v) is 2.74. The van der Waals surface area contributed by atoms with Crippen LogP contribution < -0.4 is 11.1 Å². The summed E-state index contributed by atoms with van der Waals surface area (Å²) in [7, 11) is 0. The van der Waals surface area contributed by atoms with Crippen molar-refractivity contribution in [2.75, 3.05) is 11.9 Å². The molecule has 0 radical (unpaired) electrons. The standard InChI is InChI=1S/C14H21N3O.2ClH/c15-11-14(6-2-1-3-7-14)9-13(18)17-12-5-4-8-16-10-12;;/h4-5,8,10H,1-3,6-7,9,11,15H2,(H,17,18);2*1H. The molecule has 0 unspecified atom stereocenters. The molecule has 1 heterocycles. The predicted molar refractivity (Wildman–Crippen MR) is 86.6 cm³/mol. The van der Waals surface area contributed by atoms with Crippen LogP contribution in [0.2, 0.25) is 0 Å². The van der Waals surface area contributed by atoms with Crippen molar-refractivity contribution in [2.45, 2.75) is 38.5 Å². The van der Waals surface area contributed by atoms with E-state index in [4.69, 9.17) is 5.73 Å². The number of carbonyl (C=O) groups is 1. The summed E-state index contributed by atoms with van der Waals surface area (Å²) in [4.78, 5) is 16.0. The summed E-state index contributed by atoms with van der Waals surface area (Å²) >= 11 is 0. The number of rotatable bonds is 4. The Morgan fingerprint density at radius 1 is 1.30 bits per heavy atom. The second-order valence-electron chi connectivity index (χ2n) is 5.23. The van der Waals surface area contributed by atoms with Gasteiger partial charge in [0.1, 0.15) is 0 Å². The molecule has 1 aliphatic rings. The molecular formula is C14H23Cl2N3O. The first-order valence-corrected chi connectivity index (χ1v) is 6.64. The summed E-state index contributed by atoms with van der Waals surface area (Å²) < 4.78 is 0. The highest BCUT2D eigenvalue weighted by molar-refractivity contribution is 5.91. The predicted octanol–water partition coefficient (Wildman–Crippen LogP) is 3.16. The summed E-state index contributed by atoms with van der Waals surface area (Å²) in [6.07, 6.45) is 9.68. The van der Waals surface area contributed by atoms with Gasteiger partial charge in [0.05, 0.1) is 11.9 Å². The summed E-state index contributed by atoms with van der Waals surface area (Å²) in [6.45, 7) is 0.605. The Kier molecular flexibility index (Phi) is 8.78. The van der Waals surface area contributed by atoms with Crippen LogP contribution in [0.3, 0.4) is 0 Å². The highest BCUT2D eigenvalue weighted by atomic mass is 35.5. The molecule has 0 atom stereocenters. The van der Waals surface area contributed by atoms with Gasteiger partial charge in [-0.15, -0.1) is 24.8 Å². The fourth-order valence-electron chi connectivity index (χ4n) is 2.74. The van der Waals surface area contributed by atoms with Gasteiger partial charge in [-0.1, -0.05) is 19.3 Å². The van der Waals surface area contributed by atoms with Crippen LogP contribution in [0.1, 0.15) is 38.5 Å². The first-order valence-electron chi connectivity index (χ1n) is 6.64. The Morgan fingerprint density at radius 3 is 2.55 bits per heavy atom. The Bertz CT molecular complexity index is 395. The van der Waals surface area contributed by atoms with Crippen LogP contribution in [-0.4, -0.2) is 17.4 Å². The highest BCUT2D eigenvalue weighted by Gasteiger charge is 2.32. The smallest absolute Gasteiger partial charge is 0.225 e. The van der Waals surface area contributed by atoms with Gasteiger partial charge in [-0.3, -0.25) is 9.78 Å². The maximum absolute atomic E-state index is 12.1. The van der Waals surface area contributed by atoms with E-state index in [1.165, 1.54) is 19.3 Å². The van der Waals surface area contributed by atoms with Crippen LogP contribution in [0.15, 0.2) is 24.5 Å². The Morgan fingerprint density at radius 2 is 2.00 bits per heavy atom.